The first-order valence-corrected chi connectivity index (χ1v) is 13.2. The SMILES string of the molecule is CCOc1cc(C=NNC(=O)c2cc(-n3c(C)ccc3C)ccc2Cl)ccc1OCC(=O)Nc1ccc(C)cc1. The van der Waals surface area contributed by atoms with E-state index in [2.05, 4.69) is 15.8 Å². The fraction of sp³-hybridized carbons (Fsp3) is 0.194. The predicted molar refractivity (Wildman–Crippen MR) is 158 cm³/mol. The number of anilines is 1. The van der Waals surface area contributed by atoms with E-state index in [-0.39, 0.29) is 12.5 Å². The van der Waals surface area contributed by atoms with Gasteiger partial charge in [-0.2, -0.15) is 5.10 Å². The molecule has 206 valence electrons. The molecule has 9 heteroatoms. The molecule has 0 saturated heterocycles. The second kappa shape index (κ2) is 13.0. The Bertz CT molecular complexity index is 1520. The summed E-state index contributed by atoms with van der Waals surface area (Å²) in [4.78, 5) is 25.2. The zero-order valence-electron chi connectivity index (χ0n) is 22.8. The van der Waals surface area contributed by atoms with Crippen LogP contribution in [0.4, 0.5) is 5.69 Å². The quantitative estimate of drug-likeness (QED) is 0.178. The molecule has 0 radical (unpaired) electrons. The minimum absolute atomic E-state index is 0.181. The summed E-state index contributed by atoms with van der Waals surface area (Å²) in [5, 5.41) is 7.22. The maximum absolute atomic E-state index is 12.9. The summed E-state index contributed by atoms with van der Waals surface area (Å²) in [7, 11) is 0. The molecule has 1 aromatic heterocycles. The molecule has 1 heterocycles. The van der Waals surface area contributed by atoms with Gasteiger partial charge in [0.1, 0.15) is 0 Å². The van der Waals surface area contributed by atoms with Gasteiger partial charge in [-0.05, 0) is 93.9 Å². The summed E-state index contributed by atoms with van der Waals surface area (Å²) in [6.45, 7) is 8.05. The molecule has 2 N–H and O–H groups in total. The van der Waals surface area contributed by atoms with Gasteiger partial charge in [0.05, 0.1) is 23.4 Å². The van der Waals surface area contributed by atoms with Crippen molar-refractivity contribution in [2.75, 3.05) is 18.5 Å². The van der Waals surface area contributed by atoms with Gasteiger partial charge in [0.25, 0.3) is 11.8 Å². The maximum atomic E-state index is 12.9. The van der Waals surface area contributed by atoms with Crippen molar-refractivity contribution in [3.63, 3.8) is 0 Å². The number of ether oxygens (including phenoxy) is 2. The molecule has 4 rings (SSSR count). The zero-order valence-corrected chi connectivity index (χ0v) is 23.6. The van der Waals surface area contributed by atoms with E-state index in [4.69, 9.17) is 21.1 Å². The Morgan fingerprint density at radius 1 is 0.900 bits per heavy atom. The third-order valence-electron chi connectivity index (χ3n) is 6.07. The van der Waals surface area contributed by atoms with E-state index in [1.807, 2.05) is 74.7 Å². The van der Waals surface area contributed by atoms with Crippen LogP contribution in [0, 0.1) is 20.8 Å². The van der Waals surface area contributed by atoms with Crippen LogP contribution in [-0.4, -0.2) is 35.8 Å². The number of amides is 2. The van der Waals surface area contributed by atoms with Crippen molar-refractivity contribution in [2.24, 2.45) is 5.10 Å². The summed E-state index contributed by atoms with van der Waals surface area (Å²) >= 11 is 6.32. The van der Waals surface area contributed by atoms with Gasteiger partial charge in [-0.15, -0.1) is 0 Å². The van der Waals surface area contributed by atoms with Gasteiger partial charge in [-0.3, -0.25) is 9.59 Å². The van der Waals surface area contributed by atoms with E-state index in [1.165, 1.54) is 6.21 Å². The van der Waals surface area contributed by atoms with Crippen LogP contribution in [0.5, 0.6) is 11.5 Å². The van der Waals surface area contributed by atoms with Gasteiger partial charge in [-0.1, -0.05) is 29.3 Å². The van der Waals surface area contributed by atoms with Crippen molar-refractivity contribution in [3.05, 3.63) is 106 Å². The molecule has 0 aliphatic carbocycles. The van der Waals surface area contributed by atoms with Gasteiger partial charge in [-0.25, -0.2) is 5.43 Å². The number of hydrogen-bond donors (Lipinski definition) is 2. The van der Waals surface area contributed by atoms with Crippen LogP contribution in [0.2, 0.25) is 5.02 Å². The van der Waals surface area contributed by atoms with Gasteiger partial charge < -0.3 is 19.4 Å². The van der Waals surface area contributed by atoms with Gasteiger partial charge in [0, 0.05) is 22.8 Å². The van der Waals surface area contributed by atoms with Crippen molar-refractivity contribution >= 4 is 35.3 Å². The summed E-state index contributed by atoms with van der Waals surface area (Å²) in [5.41, 5.74) is 8.25. The third-order valence-corrected chi connectivity index (χ3v) is 6.39. The molecule has 0 spiro atoms. The van der Waals surface area contributed by atoms with Crippen LogP contribution in [0.1, 0.15) is 39.8 Å². The largest absolute Gasteiger partial charge is 0.490 e. The molecule has 40 heavy (non-hydrogen) atoms. The molecule has 0 aliphatic rings. The number of nitrogens with one attached hydrogen (secondary N) is 2. The molecule has 8 nitrogen and oxygen atoms in total. The zero-order chi connectivity index (χ0) is 28.6. The first-order chi connectivity index (χ1) is 19.2. The normalized spacial score (nSPS) is 10.9. The number of benzene rings is 3. The smallest absolute Gasteiger partial charge is 0.272 e. The van der Waals surface area contributed by atoms with Gasteiger partial charge in [0.2, 0.25) is 0 Å². The monoisotopic (exact) mass is 558 g/mol. The molecule has 3 aromatic carbocycles. The molecular formula is C31H31ClN4O4. The lowest BCUT2D eigenvalue weighted by atomic mass is 10.2. The number of rotatable bonds is 10. The first-order valence-electron chi connectivity index (χ1n) is 12.8. The Morgan fingerprint density at radius 2 is 1.62 bits per heavy atom. The number of aromatic nitrogens is 1. The average molecular weight is 559 g/mol. The van der Waals surface area contributed by atoms with Crippen LogP contribution >= 0.6 is 11.6 Å². The Kier molecular flexibility index (Phi) is 9.24. The van der Waals surface area contributed by atoms with Crippen molar-refractivity contribution in [3.8, 4) is 17.2 Å². The molecule has 0 bridgehead atoms. The summed E-state index contributed by atoms with van der Waals surface area (Å²) in [6, 6.07) is 22.0. The summed E-state index contributed by atoms with van der Waals surface area (Å²) in [6.07, 6.45) is 1.49. The highest BCUT2D eigenvalue weighted by Crippen LogP contribution is 2.28. The Hall–Kier alpha value is -4.56. The molecule has 0 saturated carbocycles. The molecule has 0 atom stereocenters. The highest BCUT2D eigenvalue weighted by atomic mass is 35.5. The summed E-state index contributed by atoms with van der Waals surface area (Å²) in [5.74, 6) is 0.148. The van der Waals surface area contributed by atoms with E-state index < -0.39 is 5.91 Å². The maximum Gasteiger partial charge on any atom is 0.272 e. The molecule has 4 aromatic rings. The fourth-order valence-corrected chi connectivity index (χ4v) is 4.30. The van der Waals surface area contributed by atoms with Crippen LogP contribution in [0.3, 0.4) is 0 Å². The molecule has 0 unspecified atom stereocenters. The van der Waals surface area contributed by atoms with E-state index in [1.54, 1.807) is 30.3 Å². The van der Waals surface area contributed by atoms with Crippen molar-refractivity contribution in [1.82, 2.24) is 9.99 Å². The van der Waals surface area contributed by atoms with Crippen LogP contribution in [0.25, 0.3) is 5.69 Å². The minimum atomic E-state index is -0.435. The lowest BCUT2D eigenvalue weighted by Crippen LogP contribution is -2.20. The second-order valence-corrected chi connectivity index (χ2v) is 9.56. The number of carbonyl (C=O) groups is 2. The molecule has 0 aliphatic heterocycles. The number of halogens is 1. The predicted octanol–water partition coefficient (Wildman–Crippen LogP) is 6.24. The van der Waals surface area contributed by atoms with Crippen molar-refractivity contribution in [1.29, 1.82) is 0 Å². The average Bonchev–Trinajstić information content (AvgIpc) is 3.27. The Labute approximate surface area is 238 Å². The topological polar surface area (TPSA) is 93.9 Å². The highest BCUT2D eigenvalue weighted by molar-refractivity contribution is 6.33. The van der Waals surface area contributed by atoms with E-state index in [0.717, 1.165) is 22.6 Å². The first kappa shape index (κ1) is 28.4. The third kappa shape index (κ3) is 7.09. The van der Waals surface area contributed by atoms with Gasteiger partial charge >= 0.3 is 0 Å². The minimum Gasteiger partial charge on any atom is -0.490 e. The molecular weight excluding hydrogens is 528 g/mol. The van der Waals surface area contributed by atoms with Crippen LogP contribution in [-0.2, 0) is 4.79 Å². The second-order valence-electron chi connectivity index (χ2n) is 9.16. The lowest BCUT2D eigenvalue weighted by Gasteiger charge is -2.13. The fourth-order valence-electron chi connectivity index (χ4n) is 4.10. The highest BCUT2D eigenvalue weighted by Gasteiger charge is 2.14. The Balaban J connectivity index is 1.40. The number of aryl methyl sites for hydroxylation is 3. The van der Waals surface area contributed by atoms with E-state index >= 15 is 0 Å². The number of nitrogens with zero attached hydrogens (tertiary/aromatic N) is 2. The van der Waals surface area contributed by atoms with Gasteiger partial charge in [0.15, 0.2) is 18.1 Å². The summed E-state index contributed by atoms with van der Waals surface area (Å²) < 4.78 is 13.4. The van der Waals surface area contributed by atoms with Crippen LogP contribution < -0.4 is 20.2 Å². The van der Waals surface area contributed by atoms with Crippen molar-refractivity contribution < 1.29 is 19.1 Å². The van der Waals surface area contributed by atoms with Crippen LogP contribution in [0.15, 0.2) is 77.9 Å². The van der Waals surface area contributed by atoms with Crippen molar-refractivity contribution in [2.45, 2.75) is 27.7 Å². The standard InChI is InChI=1S/C31H31ClN4O4/c1-5-39-29-16-23(10-15-28(29)40-19-30(37)34-24-11-6-20(2)7-12-24)18-33-35-31(38)26-17-25(13-14-27(26)32)36-21(3)8-9-22(36)4/h6-18H,5,19H2,1-4H3,(H,34,37)(H,35,38). The van der Waals surface area contributed by atoms with E-state index in [0.29, 0.717) is 39.9 Å². The van der Waals surface area contributed by atoms with E-state index in [9.17, 15) is 9.59 Å². The number of hydrazone groups is 1. The Morgan fingerprint density at radius 3 is 2.33 bits per heavy atom. The molecule has 2 amide bonds. The lowest BCUT2D eigenvalue weighted by molar-refractivity contribution is -0.118. The number of hydrogen-bond acceptors (Lipinski definition) is 5. The number of carbonyl (C=O) groups excluding carboxylic acids is 2. The molecule has 0 fully saturated rings.